The number of thiophene rings is 1. The van der Waals surface area contributed by atoms with Gasteiger partial charge in [0.25, 0.3) is 0 Å². The summed E-state index contributed by atoms with van der Waals surface area (Å²) in [6, 6.07) is 1.99. The molecule has 0 spiro atoms. The highest BCUT2D eigenvalue weighted by Crippen LogP contribution is 2.34. The van der Waals surface area contributed by atoms with Crippen LogP contribution < -0.4 is 0 Å². The first kappa shape index (κ1) is 10.6. The number of carbonyl (C=O) groups is 1. The zero-order valence-corrected chi connectivity index (χ0v) is 10.4. The molecule has 2 aromatic rings. The van der Waals surface area contributed by atoms with Gasteiger partial charge in [-0.25, -0.2) is 4.79 Å². The van der Waals surface area contributed by atoms with E-state index in [1.807, 2.05) is 13.0 Å². The summed E-state index contributed by atoms with van der Waals surface area (Å²) in [5.41, 5.74) is 1.85. The van der Waals surface area contributed by atoms with Crippen molar-refractivity contribution < 1.29 is 9.90 Å². The maximum absolute atomic E-state index is 10.9. The number of rotatable bonds is 2. The highest BCUT2D eigenvalue weighted by Gasteiger charge is 2.16. The molecular formula is C10H8BrNO2S. The van der Waals surface area contributed by atoms with Gasteiger partial charge >= 0.3 is 5.97 Å². The Labute approximate surface area is 98.9 Å². The van der Waals surface area contributed by atoms with E-state index in [0.717, 1.165) is 22.2 Å². The van der Waals surface area contributed by atoms with E-state index in [0.29, 0.717) is 9.35 Å². The summed E-state index contributed by atoms with van der Waals surface area (Å²) < 4.78 is 1.50. The molecule has 2 heterocycles. The monoisotopic (exact) mass is 285 g/mol. The lowest BCUT2D eigenvalue weighted by Crippen LogP contribution is -1.91. The standard InChI is InChI=1S/C10H8BrNO2S/c1-2-5-3-6-8(12-4-5)7(11)9(15-6)10(13)14/h3-4H,2H2,1H3,(H,13,14). The third kappa shape index (κ3) is 1.77. The number of halogens is 1. The summed E-state index contributed by atoms with van der Waals surface area (Å²) in [5, 5.41) is 8.95. The van der Waals surface area contributed by atoms with Crippen molar-refractivity contribution in [3.05, 3.63) is 27.2 Å². The lowest BCUT2D eigenvalue weighted by molar-refractivity contribution is 0.0701. The van der Waals surface area contributed by atoms with Gasteiger partial charge in [-0.1, -0.05) is 6.92 Å². The summed E-state index contributed by atoms with van der Waals surface area (Å²) in [7, 11) is 0. The molecule has 1 N–H and O–H groups in total. The first-order valence-corrected chi connectivity index (χ1v) is 6.04. The van der Waals surface area contributed by atoms with Gasteiger partial charge in [-0.15, -0.1) is 11.3 Å². The zero-order chi connectivity index (χ0) is 11.0. The van der Waals surface area contributed by atoms with Gasteiger partial charge in [0.15, 0.2) is 0 Å². The van der Waals surface area contributed by atoms with Crippen molar-refractivity contribution in [1.82, 2.24) is 4.98 Å². The summed E-state index contributed by atoms with van der Waals surface area (Å²) in [5.74, 6) is -0.914. The molecule has 78 valence electrons. The molecular weight excluding hydrogens is 278 g/mol. The normalized spacial score (nSPS) is 10.8. The van der Waals surface area contributed by atoms with Crippen LogP contribution in [-0.2, 0) is 6.42 Å². The lowest BCUT2D eigenvalue weighted by atomic mass is 10.2. The molecule has 0 amide bonds. The summed E-state index contributed by atoms with van der Waals surface area (Å²) in [6.07, 6.45) is 2.69. The number of hydrogen-bond acceptors (Lipinski definition) is 3. The van der Waals surface area contributed by atoms with Gasteiger partial charge < -0.3 is 5.11 Å². The van der Waals surface area contributed by atoms with E-state index in [1.54, 1.807) is 6.20 Å². The molecule has 15 heavy (non-hydrogen) atoms. The summed E-state index contributed by atoms with van der Waals surface area (Å²) in [4.78, 5) is 15.5. The van der Waals surface area contributed by atoms with Crippen molar-refractivity contribution in [3.63, 3.8) is 0 Å². The number of carboxylic acids is 1. The molecule has 2 rings (SSSR count). The number of hydrogen-bond donors (Lipinski definition) is 1. The average Bonchev–Trinajstić information content (AvgIpc) is 2.55. The predicted octanol–water partition coefficient (Wildman–Crippen LogP) is 3.32. The number of nitrogens with zero attached hydrogens (tertiary/aromatic N) is 1. The van der Waals surface area contributed by atoms with Gasteiger partial charge in [0.2, 0.25) is 0 Å². The highest BCUT2D eigenvalue weighted by molar-refractivity contribution is 9.10. The Kier molecular flexibility index (Phi) is 2.75. The van der Waals surface area contributed by atoms with Crippen LogP contribution >= 0.6 is 27.3 Å². The summed E-state index contributed by atoms with van der Waals surface area (Å²) in [6.45, 7) is 2.05. The summed E-state index contributed by atoms with van der Waals surface area (Å²) >= 11 is 4.52. The van der Waals surface area contributed by atoms with Gasteiger partial charge in [0.1, 0.15) is 4.88 Å². The Morgan fingerprint density at radius 2 is 2.40 bits per heavy atom. The number of aryl methyl sites for hydroxylation is 1. The fourth-order valence-electron chi connectivity index (χ4n) is 1.32. The van der Waals surface area contributed by atoms with Crippen molar-refractivity contribution in [2.75, 3.05) is 0 Å². The number of aromatic nitrogens is 1. The Hall–Kier alpha value is -0.940. The topological polar surface area (TPSA) is 50.2 Å². The second-order valence-electron chi connectivity index (χ2n) is 3.09. The third-order valence-electron chi connectivity index (χ3n) is 2.13. The molecule has 5 heteroatoms. The maximum Gasteiger partial charge on any atom is 0.347 e. The zero-order valence-electron chi connectivity index (χ0n) is 7.95. The van der Waals surface area contributed by atoms with Crippen LogP contribution in [0, 0.1) is 0 Å². The molecule has 0 aromatic carbocycles. The van der Waals surface area contributed by atoms with Crippen LogP contribution in [0.2, 0.25) is 0 Å². The van der Waals surface area contributed by atoms with Crippen LogP contribution in [-0.4, -0.2) is 16.1 Å². The van der Waals surface area contributed by atoms with Crippen LogP contribution in [0.3, 0.4) is 0 Å². The molecule has 0 bridgehead atoms. The average molecular weight is 286 g/mol. The number of carboxylic acid groups (broad SMARTS) is 1. The second kappa shape index (κ2) is 3.90. The largest absolute Gasteiger partial charge is 0.477 e. The molecule has 2 aromatic heterocycles. The minimum absolute atomic E-state index is 0.311. The Morgan fingerprint density at radius 1 is 1.67 bits per heavy atom. The van der Waals surface area contributed by atoms with Crippen molar-refractivity contribution in [2.45, 2.75) is 13.3 Å². The molecule has 0 saturated heterocycles. The van der Waals surface area contributed by atoms with Gasteiger partial charge in [-0.3, -0.25) is 4.98 Å². The smallest absolute Gasteiger partial charge is 0.347 e. The van der Waals surface area contributed by atoms with E-state index in [9.17, 15) is 4.79 Å². The van der Waals surface area contributed by atoms with Gasteiger partial charge in [-0.05, 0) is 34.0 Å². The Morgan fingerprint density at radius 3 is 3.00 bits per heavy atom. The number of aromatic carboxylic acids is 1. The van der Waals surface area contributed by atoms with E-state index in [-0.39, 0.29) is 0 Å². The van der Waals surface area contributed by atoms with E-state index in [1.165, 1.54) is 11.3 Å². The lowest BCUT2D eigenvalue weighted by Gasteiger charge is -1.94. The highest BCUT2D eigenvalue weighted by atomic mass is 79.9. The SMILES string of the molecule is CCc1cnc2c(Br)c(C(=O)O)sc2c1. The van der Waals surface area contributed by atoms with Crippen molar-refractivity contribution in [3.8, 4) is 0 Å². The Bertz CT molecular complexity index is 535. The quantitative estimate of drug-likeness (QED) is 0.921. The fraction of sp³-hybridized carbons (Fsp3) is 0.200. The van der Waals surface area contributed by atoms with E-state index >= 15 is 0 Å². The van der Waals surface area contributed by atoms with Crippen molar-refractivity contribution >= 4 is 43.5 Å². The van der Waals surface area contributed by atoms with E-state index in [2.05, 4.69) is 20.9 Å². The first-order chi connectivity index (χ1) is 7.13. The number of fused-ring (bicyclic) bond motifs is 1. The van der Waals surface area contributed by atoms with Crippen LogP contribution in [0.15, 0.2) is 16.7 Å². The molecule has 0 unspecified atom stereocenters. The van der Waals surface area contributed by atoms with Crippen LogP contribution in [0.4, 0.5) is 0 Å². The van der Waals surface area contributed by atoms with Crippen LogP contribution in [0.1, 0.15) is 22.2 Å². The molecule has 0 saturated carbocycles. The molecule has 0 radical (unpaired) electrons. The van der Waals surface area contributed by atoms with Crippen LogP contribution in [0.25, 0.3) is 10.2 Å². The van der Waals surface area contributed by atoms with Crippen LogP contribution in [0.5, 0.6) is 0 Å². The van der Waals surface area contributed by atoms with Crippen molar-refractivity contribution in [2.24, 2.45) is 0 Å². The maximum atomic E-state index is 10.9. The number of pyridine rings is 1. The Balaban J connectivity index is 2.70. The molecule has 0 aliphatic heterocycles. The molecule has 0 aliphatic rings. The van der Waals surface area contributed by atoms with Gasteiger partial charge in [0, 0.05) is 6.20 Å². The van der Waals surface area contributed by atoms with E-state index < -0.39 is 5.97 Å². The molecule has 3 nitrogen and oxygen atoms in total. The molecule has 0 aliphatic carbocycles. The van der Waals surface area contributed by atoms with Crippen molar-refractivity contribution in [1.29, 1.82) is 0 Å². The predicted molar refractivity (Wildman–Crippen MR) is 63.7 cm³/mol. The van der Waals surface area contributed by atoms with Gasteiger partial charge in [-0.2, -0.15) is 0 Å². The molecule has 0 atom stereocenters. The van der Waals surface area contributed by atoms with Gasteiger partial charge in [0.05, 0.1) is 14.7 Å². The fourth-order valence-corrected chi connectivity index (χ4v) is 3.14. The molecule has 0 fully saturated rings. The second-order valence-corrected chi connectivity index (χ2v) is 4.94. The minimum atomic E-state index is -0.914. The third-order valence-corrected chi connectivity index (χ3v) is 4.28. The first-order valence-electron chi connectivity index (χ1n) is 4.43. The minimum Gasteiger partial charge on any atom is -0.477 e. The van der Waals surface area contributed by atoms with E-state index in [4.69, 9.17) is 5.11 Å².